The number of nitrogens with one attached hydrogen (secondary N) is 1. The molecule has 0 saturated carbocycles. The van der Waals surface area contributed by atoms with E-state index in [2.05, 4.69) is 51.8 Å². The quantitative estimate of drug-likeness (QED) is 0.691. The lowest BCUT2D eigenvalue weighted by Crippen LogP contribution is -1.91. The first-order valence-electron chi connectivity index (χ1n) is 5.07. The summed E-state index contributed by atoms with van der Waals surface area (Å²) in [4.78, 5) is 15.6. The molecule has 0 radical (unpaired) electrons. The third-order valence-corrected chi connectivity index (χ3v) is 3.69. The average Bonchev–Trinajstić information content (AvgIpc) is 2.77. The Balaban J connectivity index is 2.26. The van der Waals surface area contributed by atoms with E-state index in [1.165, 1.54) is 6.33 Å². The van der Waals surface area contributed by atoms with Crippen molar-refractivity contribution in [1.29, 1.82) is 0 Å². The van der Waals surface area contributed by atoms with E-state index in [4.69, 9.17) is 5.73 Å². The fourth-order valence-corrected chi connectivity index (χ4v) is 2.45. The number of benzene rings is 1. The Morgan fingerprint density at radius 2 is 2.00 bits per heavy atom. The molecular weight excluding hydrogens is 362 g/mol. The number of halogens is 2. The van der Waals surface area contributed by atoms with E-state index in [1.807, 2.05) is 18.2 Å². The maximum atomic E-state index is 5.77. The van der Waals surface area contributed by atoms with Gasteiger partial charge in [-0.1, -0.05) is 31.9 Å². The molecule has 0 aliphatic carbocycles. The summed E-state index contributed by atoms with van der Waals surface area (Å²) in [5, 5.41) is 0. The topological polar surface area (TPSA) is 80.5 Å². The summed E-state index contributed by atoms with van der Waals surface area (Å²) >= 11 is 6.93. The van der Waals surface area contributed by atoms with Gasteiger partial charge in [-0.2, -0.15) is 0 Å². The SMILES string of the molecule is Nc1ncnc2nc(-c3cc(Br)ccc3Br)[nH]c12. The van der Waals surface area contributed by atoms with Gasteiger partial charge in [0, 0.05) is 14.5 Å². The highest BCUT2D eigenvalue weighted by Gasteiger charge is 2.11. The van der Waals surface area contributed by atoms with E-state index >= 15 is 0 Å². The molecule has 3 aromatic rings. The Bertz CT molecular complexity index is 737. The number of nitrogens with zero attached hydrogens (tertiary/aromatic N) is 3. The Morgan fingerprint density at radius 3 is 2.78 bits per heavy atom. The molecule has 0 aliphatic rings. The van der Waals surface area contributed by atoms with Crippen LogP contribution in [-0.4, -0.2) is 19.9 Å². The first-order valence-corrected chi connectivity index (χ1v) is 6.65. The zero-order valence-corrected chi connectivity index (χ0v) is 12.2. The van der Waals surface area contributed by atoms with Gasteiger partial charge in [0.2, 0.25) is 0 Å². The van der Waals surface area contributed by atoms with Crippen molar-refractivity contribution in [2.75, 3.05) is 5.73 Å². The van der Waals surface area contributed by atoms with Crippen molar-refractivity contribution in [2.24, 2.45) is 0 Å². The van der Waals surface area contributed by atoms with Gasteiger partial charge in [0.25, 0.3) is 0 Å². The van der Waals surface area contributed by atoms with Gasteiger partial charge in [-0.3, -0.25) is 0 Å². The monoisotopic (exact) mass is 367 g/mol. The average molecular weight is 369 g/mol. The molecule has 0 atom stereocenters. The zero-order chi connectivity index (χ0) is 12.7. The highest BCUT2D eigenvalue weighted by atomic mass is 79.9. The van der Waals surface area contributed by atoms with Crippen LogP contribution >= 0.6 is 31.9 Å². The molecule has 0 spiro atoms. The fourth-order valence-electron chi connectivity index (χ4n) is 1.65. The third-order valence-electron chi connectivity index (χ3n) is 2.50. The van der Waals surface area contributed by atoms with Crippen LogP contribution in [0.15, 0.2) is 33.5 Å². The summed E-state index contributed by atoms with van der Waals surface area (Å²) in [6.45, 7) is 0. The lowest BCUT2D eigenvalue weighted by Gasteiger charge is -2.01. The lowest BCUT2D eigenvalue weighted by molar-refractivity contribution is 1.21. The second-order valence-corrected chi connectivity index (χ2v) is 5.44. The maximum absolute atomic E-state index is 5.77. The summed E-state index contributed by atoms with van der Waals surface area (Å²) in [5.41, 5.74) is 7.92. The molecule has 18 heavy (non-hydrogen) atoms. The molecule has 0 bridgehead atoms. The van der Waals surface area contributed by atoms with Crippen LogP contribution in [0.3, 0.4) is 0 Å². The van der Waals surface area contributed by atoms with Gasteiger partial charge in [-0.25, -0.2) is 15.0 Å². The summed E-state index contributed by atoms with van der Waals surface area (Å²) in [7, 11) is 0. The van der Waals surface area contributed by atoms with Crippen LogP contribution in [0.25, 0.3) is 22.6 Å². The molecule has 90 valence electrons. The number of fused-ring (bicyclic) bond motifs is 1. The molecule has 2 aromatic heterocycles. The molecule has 3 rings (SSSR count). The van der Waals surface area contributed by atoms with Crippen LogP contribution in [0.1, 0.15) is 0 Å². The normalized spacial score (nSPS) is 11.0. The molecule has 2 heterocycles. The van der Waals surface area contributed by atoms with Crippen molar-refractivity contribution in [1.82, 2.24) is 19.9 Å². The van der Waals surface area contributed by atoms with Gasteiger partial charge in [0.1, 0.15) is 17.7 Å². The van der Waals surface area contributed by atoms with Crippen molar-refractivity contribution in [3.05, 3.63) is 33.5 Å². The minimum atomic E-state index is 0.393. The number of hydrogen-bond acceptors (Lipinski definition) is 4. The molecule has 3 N–H and O–H groups in total. The summed E-state index contributed by atoms with van der Waals surface area (Å²) in [5.74, 6) is 1.09. The Kier molecular flexibility index (Phi) is 2.79. The highest BCUT2D eigenvalue weighted by Crippen LogP contribution is 2.30. The van der Waals surface area contributed by atoms with Gasteiger partial charge in [0.15, 0.2) is 11.5 Å². The van der Waals surface area contributed by atoms with Crippen molar-refractivity contribution >= 4 is 48.8 Å². The number of nitrogens with two attached hydrogens (primary N) is 1. The van der Waals surface area contributed by atoms with Gasteiger partial charge >= 0.3 is 0 Å². The predicted molar refractivity (Wildman–Crippen MR) is 76.9 cm³/mol. The Morgan fingerprint density at radius 1 is 1.17 bits per heavy atom. The molecule has 7 heteroatoms. The van der Waals surface area contributed by atoms with Crippen molar-refractivity contribution in [3.63, 3.8) is 0 Å². The summed E-state index contributed by atoms with van der Waals surface area (Å²) in [6, 6.07) is 5.86. The fraction of sp³-hybridized carbons (Fsp3) is 0. The molecule has 5 nitrogen and oxygen atoms in total. The van der Waals surface area contributed by atoms with Crippen LogP contribution < -0.4 is 5.73 Å². The number of aromatic amines is 1. The zero-order valence-electron chi connectivity index (χ0n) is 8.98. The highest BCUT2D eigenvalue weighted by molar-refractivity contribution is 9.11. The molecule has 0 saturated heterocycles. The first kappa shape index (κ1) is 11.6. The standard InChI is InChI=1S/C11H7Br2N5/c12-5-1-2-7(13)6(3-5)10-17-8-9(14)15-4-16-11(8)18-10/h1-4H,(H3,14,15,16,17,18). The van der Waals surface area contributed by atoms with Crippen LogP contribution in [0.2, 0.25) is 0 Å². The molecule has 0 unspecified atom stereocenters. The number of imidazole rings is 1. The van der Waals surface area contributed by atoms with Crippen LogP contribution in [-0.2, 0) is 0 Å². The number of hydrogen-bond donors (Lipinski definition) is 2. The molecule has 0 amide bonds. The van der Waals surface area contributed by atoms with E-state index in [9.17, 15) is 0 Å². The minimum Gasteiger partial charge on any atom is -0.382 e. The summed E-state index contributed by atoms with van der Waals surface area (Å²) < 4.78 is 1.91. The van der Waals surface area contributed by atoms with Crippen LogP contribution in [0.4, 0.5) is 5.82 Å². The number of aromatic nitrogens is 4. The minimum absolute atomic E-state index is 0.393. The van der Waals surface area contributed by atoms with Crippen LogP contribution in [0.5, 0.6) is 0 Å². The van der Waals surface area contributed by atoms with Gasteiger partial charge in [-0.05, 0) is 18.2 Å². The number of rotatable bonds is 1. The van der Waals surface area contributed by atoms with Crippen molar-refractivity contribution in [2.45, 2.75) is 0 Å². The number of H-pyrrole nitrogens is 1. The van der Waals surface area contributed by atoms with E-state index in [1.54, 1.807) is 0 Å². The Labute approximate surface area is 119 Å². The van der Waals surface area contributed by atoms with E-state index in [0.717, 1.165) is 14.5 Å². The van der Waals surface area contributed by atoms with E-state index in [-0.39, 0.29) is 0 Å². The maximum Gasteiger partial charge on any atom is 0.183 e. The van der Waals surface area contributed by atoms with Crippen molar-refractivity contribution < 1.29 is 0 Å². The molecule has 0 fully saturated rings. The predicted octanol–water partition coefficient (Wildman–Crippen LogP) is 3.13. The van der Waals surface area contributed by atoms with Crippen molar-refractivity contribution in [3.8, 4) is 11.4 Å². The molecule has 1 aromatic carbocycles. The summed E-state index contributed by atoms with van der Waals surface area (Å²) in [6.07, 6.45) is 1.40. The lowest BCUT2D eigenvalue weighted by atomic mass is 10.2. The third kappa shape index (κ3) is 1.89. The van der Waals surface area contributed by atoms with E-state index < -0.39 is 0 Å². The second kappa shape index (κ2) is 4.33. The van der Waals surface area contributed by atoms with Gasteiger partial charge < -0.3 is 10.7 Å². The number of anilines is 1. The first-order chi connectivity index (χ1) is 8.65. The van der Waals surface area contributed by atoms with Crippen LogP contribution in [0, 0.1) is 0 Å². The molecule has 0 aliphatic heterocycles. The number of nitrogen functional groups attached to an aromatic ring is 1. The van der Waals surface area contributed by atoms with Gasteiger partial charge in [0.05, 0.1) is 0 Å². The largest absolute Gasteiger partial charge is 0.382 e. The smallest absolute Gasteiger partial charge is 0.183 e. The molecular formula is C11H7Br2N5. The second-order valence-electron chi connectivity index (χ2n) is 3.67. The van der Waals surface area contributed by atoms with E-state index in [0.29, 0.717) is 22.8 Å². The Hall–Kier alpha value is -1.47. The van der Waals surface area contributed by atoms with Gasteiger partial charge in [-0.15, -0.1) is 0 Å².